The molecule has 4 rings (SSSR count). The van der Waals surface area contributed by atoms with Crippen molar-refractivity contribution in [1.82, 2.24) is 24.6 Å². The molecular weight excluding hydrogens is 462 g/mol. The lowest BCUT2D eigenvalue weighted by atomic mass is 9.76. The number of benzene rings is 1. The zero-order valence-corrected chi connectivity index (χ0v) is 22.3. The van der Waals surface area contributed by atoms with Gasteiger partial charge in [0.25, 0.3) is 5.89 Å². The van der Waals surface area contributed by atoms with E-state index in [1.807, 2.05) is 26.0 Å². The zero-order valence-electron chi connectivity index (χ0n) is 21.5. The molecule has 2 heterocycles. The summed E-state index contributed by atoms with van der Waals surface area (Å²) in [6, 6.07) is 4.10. The van der Waals surface area contributed by atoms with Crippen LogP contribution in [0.4, 0.5) is 0 Å². The van der Waals surface area contributed by atoms with Gasteiger partial charge in [-0.25, -0.2) is 8.42 Å². The number of aryl methyl sites for hydroxylation is 3. The number of allylic oxidation sites excluding steroid dienone is 1. The van der Waals surface area contributed by atoms with Crippen molar-refractivity contribution in [2.45, 2.75) is 73.3 Å². The topological polar surface area (TPSA) is 103 Å². The molecule has 1 aromatic carbocycles. The molecule has 1 N–H and O–H groups in total. The maximum Gasteiger partial charge on any atom is 0.279 e. The van der Waals surface area contributed by atoms with Gasteiger partial charge in [0.05, 0.1) is 6.26 Å². The van der Waals surface area contributed by atoms with E-state index in [0.29, 0.717) is 30.3 Å². The van der Waals surface area contributed by atoms with E-state index in [1.54, 1.807) is 0 Å². The molecule has 0 fully saturated rings. The number of fused-ring (bicyclic) bond motifs is 1. The number of sulfonamides is 1. The number of hydrogen-bond donors (Lipinski definition) is 1. The zero-order chi connectivity index (χ0) is 25.5. The average molecular weight is 498 g/mol. The Bertz CT molecular complexity index is 1360. The fourth-order valence-electron chi connectivity index (χ4n) is 4.98. The molecule has 0 unspecified atom stereocenters. The third-order valence-electron chi connectivity index (χ3n) is 6.75. The number of aromatic nitrogens is 4. The lowest BCUT2D eigenvalue weighted by Gasteiger charge is -2.30. The summed E-state index contributed by atoms with van der Waals surface area (Å²) >= 11 is 0. The molecule has 0 bridgehead atoms. The SMILES string of the molecule is C=C(CCc1c(C)cc(-c2noc(-c3nn(CC)c4c3CCC(C)(C)C4)n2)cc1C)NS(C)(=O)=O. The number of hydrogen-bond acceptors (Lipinski definition) is 6. The first-order valence-electron chi connectivity index (χ1n) is 12.1. The van der Waals surface area contributed by atoms with Gasteiger partial charge in [0, 0.05) is 29.1 Å². The standard InChI is InChI=1S/C26H35N5O3S/c1-8-31-22-15-26(5,6)12-11-21(22)23(28-31)25-27-24(29-34-25)19-13-16(2)20(17(3)14-19)10-9-18(4)30-35(7,32)33/h13-14,30H,4,8-12,15H2,1-3,5-7H3. The largest absolute Gasteiger partial charge is 0.332 e. The van der Waals surface area contributed by atoms with Crippen LogP contribution in [0.1, 0.15) is 61.6 Å². The van der Waals surface area contributed by atoms with Gasteiger partial charge >= 0.3 is 0 Å². The number of nitrogens with one attached hydrogen (secondary N) is 1. The van der Waals surface area contributed by atoms with E-state index in [1.165, 1.54) is 11.3 Å². The van der Waals surface area contributed by atoms with Crippen molar-refractivity contribution in [3.63, 3.8) is 0 Å². The predicted molar refractivity (Wildman–Crippen MR) is 137 cm³/mol. The molecule has 9 heteroatoms. The van der Waals surface area contributed by atoms with E-state index >= 15 is 0 Å². The third-order valence-corrected chi connectivity index (χ3v) is 7.41. The first kappa shape index (κ1) is 25.2. The van der Waals surface area contributed by atoms with E-state index in [0.717, 1.165) is 60.0 Å². The van der Waals surface area contributed by atoms with Gasteiger partial charge < -0.3 is 4.52 Å². The van der Waals surface area contributed by atoms with Crippen LogP contribution in [0, 0.1) is 19.3 Å². The highest BCUT2D eigenvalue weighted by Gasteiger charge is 2.32. The molecule has 0 saturated heterocycles. The van der Waals surface area contributed by atoms with E-state index in [4.69, 9.17) is 14.6 Å². The van der Waals surface area contributed by atoms with E-state index < -0.39 is 10.0 Å². The van der Waals surface area contributed by atoms with Crippen LogP contribution in [0.2, 0.25) is 0 Å². The summed E-state index contributed by atoms with van der Waals surface area (Å²) in [7, 11) is -3.31. The van der Waals surface area contributed by atoms with Gasteiger partial charge in [0.15, 0.2) is 5.69 Å². The predicted octanol–water partition coefficient (Wildman–Crippen LogP) is 4.75. The fraction of sp³-hybridized carbons (Fsp3) is 0.500. The molecule has 3 aromatic rings. The molecule has 0 atom stereocenters. The normalized spacial score (nSPS) is 15.1. The average Bonchev–Trinajstić information content (AvgIpc) is 3.35. The van der Waals surface area contributed by atoms with Crippen LogP contribution in [0.25, 0.3) is 23.0 Å². The Hall–Kier alpha value is -2.94. The van der Waals surface area contributed by atoms with Gasteiger partial charge in [-0.3, -0.25) is 9.40 Å². The Morgan fingerprint density at radius 2 is 1.94 bits per heavy atom. The smallest absolute Gasteiger partial charge is 0.279 e. The van der Waals surface area contributed by atoms with Gasteiger partial charge in [0.2, 0.25) is 15.8 Å². The molecule has 0 saturated carbocycles. The van der Waals surface area contributed by atoms with Gasteiger partial charge in [-0.1, -0.05) is 25.6 Å². The number of nitrogens with zero attached hydrogens (tertiary/aromatic N) is 4. The second kappa shape index (κ2) is 9.26. The van der Waals surface area contributed by atoms with E-state index in [2.05, 4.69) is 41.9 Å². The number of rotatable bonds is 8. The summed E-state index contributed by atoms with van der Waals surface area (Å²) in [5.41, 5.74) is 8.29. The quantitative estimate of drug-likeness (QED) is 0.482. The molecule has 2 aromatic heterocycles. The van der Waals surface area contributed by atoms with Crippen molar-refractivity contribution in [2.75, 3.05) is 6.26 Å². The monoisotopic (exact) mass is 497 g/mol. The highest BCUT2D eigenvalue weighted by Crippen LogP contribution is 2.39. The van der Waals surface area contributed by atoms with Crippen molar-refractivity contribution in [3.8, 4) is 23.0 Å². The second-order valence-corrected chi connectivity index (χ2v) is 12.2. The van der Waals surface area contributed by atoms with Crippen LogP contribution in [0.3, 0.4) is 0 Å². The van der Waals surface area contributed by atoms with E-state index in [-0.39, 0.29) is 5.41 Å². The Labute approximate surface area is 207 Å². The molecule has 1 aliphatic rings. The molecule has 8 nitrogen and oxygen atoms in total. The summed E-state index contributed by atoms with van der Waals surface area (Å²) in [4.78, 5) is 4.72. The summed E-state index contributed by atoms with van der Waals surface area (Å²) in [5, 5.41) is 9.11. The Balaban J connectivity index is 1.58. The molecule has 0 spiro atoms. The van der Waals surface area contributed by atoms with Gasteiger partial charge in [-0.05, 0) is 87.1 Å². The van der Waals surface area contributed by atoms with Crippen LogP contribution >= 0.6 is 0 Å². The van der Waals surface area contributed by atoms with Gasteiger partial charge in [-0.15, -0.1) is 0 Å². The third kappa shape index (κ3) is 5.50. The molecule has 0 amide bonds. The van der Waals surface area contributed by atoms with E-state index in [9.17, 15) is 8.42 Å². The second-order valence-electron chi connectivity index (χ2n) is 10.4. The molecule has 0 aliphatic heterocycles. The van der Waals surface area contributed by atoms with Gasteiger partial charge in [-0.2, -0.15) is 10.1 Å². The lowest BCUT2D eigenvalue weighted by molar-refractivity contribution is 0.304. The Morgan fingerprint density at radius 1 is 1.26 bits per heavy atom. The van der Waals surface area contributed by atoms with Crippen molar-refractivity contribution in [1.29, 1.82) is 0 Å². The minimum absolute atomic E-state index is 0.265. The van der Waals surface area contributed by atoms with Crippen LogP contribution in [-0.2, 0) is 35.8 Å². The molecule has 35 heavy (non-hydrogen) atoms. The lowest BCUT2D eigenvalue weighted by Crippen LogP contribution is -2.24. The van der Waals surface area contributed by atoms with Crippen molar-refractivity contribution >= 4 is 10.0 Å². The van der Waals surface area contributed by atoms with Crippen LogP contribution in [0.5, 0.6) is 0 Å². The van der Waals surface area contributed by atoms with Crippen molar-refractivity contribution in [3.05, 3.63) is 52.4 Å². The maximum absolute atomic E-state index is 11.4. The first-order chi connectivity index (χ1) is 16.4. The summed E-state index contributed by atoms with van der Waals surface area (Å²) in [6.07, 6.45) is 5.41. The van der Waals surface area contributed by atoms with Crippen molar-refractivity contribution in [2.24, 2.45) is 5.41 Å². The summed E-state index contributed by atoms with van der Waals surface area (Å²) < 4.78 is 33.1. The fourth-order valence-corrected chi connectivity index (χ4v) is 5.60. The first-order valence-corrected chi connectivity index (χ1v) is 13.9. The molecule has 0 radical (unpaired) electrons. The maximum atomic E-state index is 11.4. The molecular formula is C26H35N5O3S. The van der Waals surface area contributed by atoms with Crippen LogP contribution in [0.15, 0.2) is 28.9 Å². The minimum atomic E-state index is -3.31. The van der Waals surface area contributed by atoms with Crippen molar-refractivity contribution < 1.29 is 12.9 Å². The summed E-state index contributed by atoms with van der Waals surface area (Å²) in [6.45, 7) is 15.4. The van der Waals surface area contributed by atoms with Gasteiger partial charge in [0.1, 0.15) is 0 Å². The molecule has 188 valence electrons. The molecule has 1 aliphatic carbocycles. The highest BCUT2D eigenvalue weighted by atomic mass is 32.2. The van der Waals surface area contributed by atoms with Crippen LogP contribution < -0.4 is 4.72 Å². The minimum Gasteiger partial charge on any atom is -0.332 e. The Morgan fingerprint density at radius 3 is 2.57 bits per heavy atom. The summed E-state index contributed by atoms with van der Waals surface area (Å²) in [5.74, 6) is 1.00. The Kier molecular flexibility index (Phi) is 6.66. The highest BCUT2D eigenvalue weighted by molar-refractivity contribution is 7.88. The van der Waals surface area contributed by atoms with Crippen LogP contribution in [-0.4, -0.2) is 34.6 Å².